The molecular formula is C22H34ClNO5. The smallest absolute Gasteiger partial charge is 0.410 e. The zero-order valence-electron chi connectivity index (χ0n) is 18.4. The van der Waals surface area contributed by atoms with Crippen LogP contribution in [0.5, 0.6) is 0 Å². The van der Waals surface area contributed by atoms with Crippen LogP contribution in [0.25, 0.3) is 0 Å². The second-order valence-corrected chi connectivity index (χ2v) is 9.09. The number of likely N-dealkylation sites (tertiary alicyclic amines) is 1. The van der Waals surface area contributed by atoms with E-state index < -0.39 is 11.4 Å². The van der Waals surface area contributed by atoms with E-state index in [9.17, 15) is 4.79 Å². The van der Waals surface area contributed by atoms with Crippen molar-refractivity contribution in [3.63, 3.8) is 0 Å². The van der Waals surface area contributed by atoms with Gasteiger partial charge in [0.15, 0.2) is 5.79 Å². The summed E-state index contributed by atoms with van der Waals surface area (Å²) in [5.41, 5.74) is 0.453. The molecule has 1 aliphatic rings. The number of nitrogens with zero attached hydrogens (tertiary/aromatic N) is 1. The molecule has 7 heteroatoms. The Morgan fingerprint density at radius 2 is 1.93 bits per heavy atom. The first kappa shape index (κ1) is 23.9. The van der Waals surface area contributed by atoms with Crippen LogP contribution in [-0.2, 0) is 18.9 Å². The van der Waals surface area contributed by atoms with Gasteiger partial charge in [0.1, 0.15) is 12.2 Å². The van der Waals surface area contributed by atoms with Crippen molar-refractivity contribution in [2.45, 2.75) is 58.0 Å². The number of ether oxygens (including phenoxy) is 4. The lowest BCUT2D eigenvalue weighted by Crippen LogP contribution is -2.45. The minimum absolute atomic E-state index is 0.104. The molecule has 6 nitrogen and oxygen atoms in total. The minimum Gasteiger partial charge on any atom is -0.444 e. The van der Waals surface area contributed by atoms with Gasteiger partial charge in [-0.15, -0.1) is 0 Å². The average molecular weight is 428 g/mol. The van der Waals surface area contributed by atoms with Crippen molar-refractivity contribution < 1.29 is 23.7 Å². The van der Waals surface area contributed by atoms with Crippen LogP contribution in [0.2, 0.25) is 5.02 Å². The van der Waals surface area contributed by atoms with E-state index in [1.54, 1.807) is 19.1 Å². The van der Waals surface area contributed by atoms with E-state index >= 15 is 0 Å². The molecule has 1 fully saturated rings. The SMILES string of the molecule is COC(C)(CO[C@@H](c1cccc(Cl)c1)C1CCCN(C(=O)OC(C)(C)C)C1)OC. The Morgan fingerprint density at radius 3 is 2.52 bits per heavy atom. The van der Waals surface area contributed by atoms with Crippen LogP contribution >= 0.6 is 11.6 Å². The van der Waals surface area contributed by atoms with E-state index in [0.29, 0.717) is 18.1 Å². The Bertz CT molecular complexity index is 671. The van der Waals surface area contributed by atoms with Crippen LogP contribution in [-0.4, -0.2) is 56.3 Å². The molecule has 0 saturated carbocycles. The molecule has 1 saturated heterocycles. The van der Waals surface area contributed by atoms with Crippen LogP contribution in [0.1, 0.15) is 52.2 Å². The second-order valence-electron chi connectivity index (χ2n) is 8.66. The van der Waals surface area contributed by atoms with Crippen LogP contribution in [0, 0.1) is 5.92 Å². The summed E-state index contributed by atoms with van der Waals surface area (Å²) in [6.45, 7) is 8.95. The Morgan fingerprint density at radius 1 is 1.24 bits per heavy atom. The fourth-order valence-electron chi connectivity index (χ4n) is 3.38. The van der Waals surface area contributed by atoms with E-state index in [1.165, 1.54) is 0 Å². The first-order valence-corrected chi connectivity index (χ1v) is 10.4. The van der Waals surface area contributed by atoms with Crippen molar-refractivity contribution in [1.29, 1.82) is 0 Å². The topological polar surface area (TPSA) is 57.2 Å². The lowest BCUT2D eigenvalue weighted by molar-refractivity contribution is -0.234. The number of amides is 1. The maximum absolute atomic E-state index is 12.6. The highest BCUT2D eigenvalue weighted by molar-refractivity contribution is 6.30. The molecule has 2 rings (SSSR count). The Hall–Kier alpha value is -1.34. The highest BCUT2D eigenvalue weighted by Crippen LogP contribution is 2.35. The predicted molar refractivity (Wildman–Crippen MR) is 113 cm³/mol. The van der Waals surface area contributed by atoms with Crippen molar-refractivity contribution in [3.05, 3.63) is 34.9 Å². The Labute approximate surface area is 179 Å². The van der Waals surface area contributed by atoms with Gasteiger partial charge in [-0.25, -0.2) is 4.79 Å². The van der Waals surface area contributed by atoms with Crippen LogP contribution < -0.4 is 0 Å². The quantitative estimate of drug-likeness (QED) is 0.569. The molecule has 0 aliphatic carbocycles. The normalized spacial score (nSPS) is 19.1. The summed E-state index contributed by atoms with van der Waals surface area (Å²) >= 11 is 6.23. The zero-order chi connectivity index (χ0) is 21.7. The predicted octanol–water partition coefficient (Wildman–Crippen LogP) is 5.05. The summed E-state index contributed by atoms with van der Waals surface area (Å²) < 4.78 is 22.8. The summed E-state index contributed by atoms with van der Waals surface area (Å²) in [4.78, 5) is 14.4. The number of carbonyl (C=O) groups excluding carboxylic acids is 1. The van der Waals surface area contributed by atoms with Gasteiger partial charge in [-0.05, 0) is 58.2 Å². The van der Waals surface area contributed by atoms with Crippen molar-refractivity contribution >= 4 is 17.7 Å². The van der Waals surface area contributed by atoms with E-state index in [4.69, 9.17) is 30.5 Å². The highest BCUT2D eigenvalue weighted by Gasteiger charge is 2.35. The van der Waals surface area contributed by atoms with Gasteiger partial charge in [-0.1, -0.05) is 23.7 Å². The fraction of sp³-hybridized carbons (Fsp3) is 0.682. The number of methoxy groups -OCH3 is 2. The third kappa shape index (κ3) is 7.14. The lowest BCUT2D eigenvalue weighted by Gasteiger charge is -2.38. The van der Waals surface area contributed by atoms with E-state index in [2.05, 4.69) is 0 Å². The van der Waals surface area contributed by atoms with Gasteiger partial charge in [-0.3, -0.25) is 0 Å². The van der Waals surface area contributed by atoms with E-state index in [0.717, 1.165) is 18.4 Å². The number of hydrogen-bond donors (Lipinski definition) is 0. The van der Waals surface area contributed by atoms with E-state index in [-0.39, 0.29) is 24.7 Å². The largest absolute Gasteiger partial charge is 0.444 e. The third-order valence-electron chi connectivity index (χ3n) is 5.10. The minimum atomic E-state index is -0.851. The molecule has 1 aromatic rings. The molecule has 1 aromatic carbocycles. The summed E-state index contributed by atoms with van der Waals surface area (Å²) in [7, 11) is 3.18. The average Bonchev–Trinajstić information content (AvgIpc) is 2.67. The van der Waals surface area contributed by atoms with Crippen molar-refractivity contribution in [2.75, 3.05) is 33.9 Å². The molecule has 0 N–H and O–H groups in total. The Kier molecular flexibility index (Phi) is 8.35. The molecule has 0 spiro atoms. The number of benzene rings is 1. The summed E-state index contributed by atoms with van der Waals surface area (Å²) in [6.07, 6.45) is 1.29. The maximum Gasteiger partial charge on any atom is 0.410 e. The Balaban J connectivity index is 2.20. The first-order chi connectivity index (χ1) is 13.6. The second kappa shape index (κ2) is 10.1. The number of hydrogen-bond acceptors (Lipinski definition) is 5. The number of piperidine rings is 1. The molecule has 0 bridgehead atoms. The van der Waals surface area contributed by atoms with Gasteiger partial charge in [-0.2, -0.15) is 0 Å². The molecule has 164 valence electrons. The standard InChI is InChI=1S/C22H34ClNO5/c1-21(2,3)29-20(25)24-12-8-10-17(14-24)19(16-9-7-11-18(23)13-16)28-15-22(4,26-5)27-6/h7,9,11,13,17,19H,8,10,12,14-15H2,1-6H3/t17?,19-/m0/s1. The van der Waals surface area contributed by atoms with Gasteiger partial charge in [0, 0.05) is 38.2 Å². The zero-order valence-corrected chi connectivity index (χ0v) is 19.1. The molecule has 1 amide bonds. The summed E-state index contributed by atoms with van der Waals surface area (Å²) in [6, 6.07) is 7.66. The molecule has 1 aliphatic heterocycles. The first-order valence-electron chi connectivity index (χ1n) is 10.0. The molecular weight excluding hydrogens is 394 g/mol. The monoisotopic (exact) mass is 427 g/mol. The molecule has 29 heavy (non-hydrogen) atoms. The van der Waals surface area contributed by atoms with Crippen LogP contribution in [0.4, 0.5) is 4.79 Å². The fourth-order valence-corrected chi connectivity index (χ4v) is 3.58. The highest BCUT2D eigenvalue weighted by atomic mass is 35.5. The summed E-state index contributed by atoms with van der Waals surface area (Å²) in [5.74, 6) is -0.746. The number of rotatable bonds is 7. The summed E-state index contributed by atoms with van der Waals surface area (Å²) in [5, 5.41) is 0.650. The van der Waals surface area contributed by atoms with Crippen molar-refractivity contribution in [2.24, 2.45) is 5.92 Å². The number of carbonyl (C=O) groups is 1. The maximum atomic E-state index is 12.6. The van der Waals surface area contributed by atoms with Crippen LogP contribution in [0.3, 0.4) is 0 Å². The molecule has 2 atom stereocenters. The van der Waals surface area contributed by atoms with Crippen molar-refractivity contribution in [3.8, 4) is 0 Å². The van der Waals surface area contributed by atoms with Gasteiger partial charge < -0.3 is 23.8 Å². The van der Waals surface area contributed by atoms with Gasteiger partial charge in [0.05, 0.1) is 6.10 Å². The molecule has 1 heterocycles. The van der Waals surface area contributed by atoms with Crippen LogP contribution in [0.15, 0.2) is 24.3 Å². The lowest BCUT2D eigenvalue weighted by atomic mass is 9.88. The van der Waals surface area contributed by atoms with E-state index in [1.807, 2.05) is 52.0 Å². The third-order valence-corrected chi connectivity index (χ3v) is 5.34. The number of halogens is 1. The van der Waals surface area contributed by atoms with Gasteiger partial charge >= 0.3 is 6.09 Å². The molecule has 0 aromatic heterocycles. The van der Waals surface area contributed by atoms with Gasteiger partial charge in [0.25, 0.3) is 0 Å². The molecule has 0 radical (unpaired) electrons. The molecule has 1 unspecified atom stereocenters. The van der Waals surface area contributed by atoms with Gasteiger partial charge in [0.2, 0.25) is 0 Å². The van der Waals surface area contributed by atoms with Crippen molar-refractivity contribution in [1.82, 2.24) is 4.90 Å².